The number of carbonyl (C=O) groups is 1. The number of carboxylic acid groups (broad SMARTS) is 1. The van der Waals surface area contributed by atoms with Gasteiger partial charge in [0.25, 0.3) is 0 Å². The number of benzene rings is 1. The highest BCUT2D eigenvalue weighted by molar-refractivity contribution is 5.85. The van der Waals surface area contributed by atoms with Crippen molar-refractivity contribution in [3.05, 3.63) is 41.5 Å². The topological polar surface area (TPSA) is 49.3 Å². The van der Waals surface area contributed by atoms with E-state index in [1.807, 2.05) is 12.1 Å². The van der Waals surface area contributed by atoms with Crippen molar-refractivity contribution in [3.63, 3.8) is 0 Å². The van der Waals surface area contributed by atoms with E-state index < -0.39 is 5.97 Å². The normalized spacial score (nSPS) is 11.6. The van der Waals surface area contributed by atoms with Crippen LogP contribution in [-0.4, -0.2) is 17.6 Å². The second kappa shape index (κ2) is 6.09. The van der Waals surface area contributed by atoms with Crippen molar-refractivity contribution < 1.29 is 9.90 Å². The monoisotopic (exact) mass is 233 g/mol. The standard InChI is InChI=1S/C14H19NO2/c1-10(2)12-4-6-13(7-5-12)15-9-8-11(3)14(16)17/h4-8,10,15H,9H2,1-3H3,(H,16,17)/b11-8-. The molecule has 0 aliphatic carbocycles. The molecule has 0 spiro atoms. The third-order valence-corrected chi connectivity index (χ3v) is 2.63. The minimum atomic E-state index is -0.873. The molecule has 0 radical (unpaired) electrons. The molecule has 0 bridgehead atoms. The summed E-state index contributed by atoms with van der Waals surface area (Å²) in [6.45, 7) is 6.42. The van der Waals surface area contributed by atoms with Crippen LogP contribution in [0, 0.1) is 0 Å². The Morgan fingerprint density at radius 1 is 1.35 bits per heavy atom. The van der Waals surface area contributed by atoms with Crippen molar-refractivity contribution in [1.82, 2.24) is 0 Å². The Bertz CT molecular complexity index is 405. The van der Waals surface area contributed by atoms with E-state index in [0.717, 1.165) is 5.69 Å². The average molecular weight is 233 g/mol. The second-order valence-corrected chi connectivity index (χ2v) is 4.35. The van der Waals surface area contributed by atoms with Crippen LogP contribution in [0.4, 0.5) is 5.69 Å². The minimum absolute atomic E-state index is 0.358. The highest BCUT2D eigenvalue weighted by Gasteiger charge is 1.99. The van der Waals surface area contributed by atoms with E-state index in [1.54, 1.807) is 13.0 Å². The third-order valence-electron chi connectivity index (χ3n) is 2.63. The zero-order chi connectivity index (χ0) is 12.8. The first-order valence-corrected chi connectivity index (χ1v) is 5.74. The van der Waals surface area contributed by atoms with E-state index in [-0.39, 0.29) is 0 Å². The SMILES string of the molecule is C/C(=C/CNc1ccc(C(C)C)cc1)C(=O)O. The summed E-state index contributed by atoms with van der Waals surface area (Å²) >= 11 is 0. The molecule has 17 heavy (non-hydrogen) atoms. The second-order valence-electron chi connectivity index (χ2n) is 4.35. The van der Waals surface area contributed by atoms with Crippen molar-refractivity contribution >= 4 is 11.7 Å². The number of nitrogens with one attached hydrogen (secondary N) is 1. The molecular formula is C14H19NO2. The maximum absolute atomic E-state index is 10.6. The average Bonchev–Trinajstić information content (AvgIpc) is 2.29. The summed E-state index contributed by atoms with van der Waals surface area (Å²) in [5.41, 5.74) is 2.66. The van der Waals surface area contributed by atoms with E-state index in [4.69, 9.17) is 5.11 Å². The molecule has 1 aromatic rings. The third kappa shape index (κ3) is 4.31. The van der Waals surface area contributed by atoms with Crippen molar-refractivity contribution in [2.75, 3.05) is 11.9 Å². The van der Waals surface area contributed by atoms with Crippen molar-refractivity contribution in [1.29, 1.82) is 0 Å². The Morgan fingerprint density at radius 2 is 1.94 bits per heavy atom. The van der Waals surface area contributed by atoms with Crippen LogP contribution in [0.15, 0.2) is 35.9 Å². The molecule has 0 unspecified atom stereocenters. The summed E-state index contributed by atoms with van der Waals surface area (Å²) < 4.78 is 0. The summed E-state index contributed by atoms with van der Waals surface area (Å²) in [6, 6.07) is 8.19. The molecule has 0 amide bonds. The molecule has 1 rings (SSSR count). The van der Waals surface area contributed by atoms with Crippen LogP contribution in [0.25, 0.3) is 0 Å². The Morgan fingerprint density at radius 3 is 2.41 bits per heavy atom. The van der Waals surface area contributed by atoms with E-state index in [0.29, 0.717) is 18.0 Å². The Hall–Kier alpha value is -1.77. The van der Waals surface area contributed by atoms with Gasteiger partial charge in [-0.05, 0) is 30.5 Å². The van der Waals surface area contributed by atoms with Crippen LogP contribution in [0.5, 0.6) is 0 Å². The predicted molar refractivity (Wildman–Crippen MR) is 70.4 cm³/mol. The maximum Gasteiger partial charge on any atom is 0.331 e. The van der Waals surface area contributed by atoms with Gasteiger partial charge in [-0.3, -0.25) is 0 Å². The van der Waals surface area contributed by atoms with Crippen LogP contribution in [0.1, 0.15) is 32.3 Å². The van der Waals surface area contributed by atoms with Gasteiger partial charge >= 0.3 is 5.97 Å². The Balaban J connectivity index is 2.53. The molecular weight excluding hydrogens is 214 g/mol. The molecule has 0 saturated carbocycles. The van der Waals surface area contributed by atoms with Gasteiger partial charge in [-0.1, -0.05) is 32.1 Å². The number of aliphatic carboxylic acids is 1. The van der Waals surface area contributed by atoms with Crippen LogP contribution < -0.4 is 5.32 Å². The van der Waals surface area contributed by atoms with Gasteiger partial charge in [0, 0.05) is 17.8 Å². The minimum Gasteiger partial charge on any atom is -0.478 e. The predicted octanol–water partition coefficient (Wildman–Crippen LogP) is 3.25. The number of rotatable bonds is 5. The molecule has 0 aromatic heterocycles. The van der Waals surface area contributed by atoms with Crippen molar-refractivity contribution in [2.24, 2.45) is 0 Å². The van der Waals surface area contributed by atoms with Crippen LogP contribution in [-0.2, 0) is 4.79 Å². The number of carboxylic acids is 1. The molecule has 1 aromatic carbocycles. The molecule has 3 heteroatoms. The van der Waals surface area contributed by atoms with Crippen LogP contribution in [0.3, 0.4) is 0 Å². The first-order chi connectivity index (χ1) is 8.00. The lowest BCUT2D eigenvalue weighted by Crippen LogP contribution is -2.03. The first-order valence-electron chi connectivity index (χ1n) is 5.74. The molecule has 0 atom stereocenters. The molecule has 0 aliphatic rings. The fourth-order valence-electron chi connectivity index (χ4n) is 1.40. The van der Waals surface area contributed by atoms with Gasteiger partial charge in [-0.15, -0.1) is 0 Å². The van der Waals surface area contributed by atoms with Gasteiger partial charge in [-0.2, -0.15) is 0 Å². The first kappa shape index (κ1) is 13.3. The largest absolute Gasteiger partial charge is 0.478 e. The Kier molecular flexibility index (Phi) is 4.76. The van der Waals surface area contributed by atoms with Gasteiger partial charge in [0.05, 0.1) is 0 Å². The zero-order valence-corrected chi connectivity index (χ0v) is 10.5. The molecule has 0 fully saturated rings. The summed E-state index contributed by atoms with van der Waals surface area (Å²) in [5.74, 6) is -0.347. The smallest absolute Gasteiger partial charge is 0.331 e. The van der Waals surface area contributed by atoms with Crippen molar-refractivity contribution in [2.45, 2.75) is 26.7 Å². The number of hydrogen-bond donors (Lipinski definition) is 2. The van der Waals surface area contributed by atoms with Gasteiger partial charge in [0.1, 0.15) is 0 Å². The van der Waals surface area contributed by atoms with E-state index in [1.165, 1.54) is 5.56 Å². The fourth-order valence-corrected chi connectivity index (χ4v) is 1.40. The van der Waals surface area contributed by atoms with Crippen LogP contribution in [0.2, 0.25) is 0 Å². The van der Waals surface area contributed by atoms with E-state index in [9.17, 15) is 4.79 Å². The molecule has 0 aliphatic heterocycles. The molecule has 92 valence electrons. The maximum atomic E-state index is 10.6. The fraction of sp³-hybridized carbons (Fsp3) is 0.357. The quantitative estimate of drug-likeness (QED) is 0.767. The molecule has 0 heterocycles. The lowest BCUT2D eigenvalue weighted by molar-refractivity contribution is -0.132. The zero-order valence-electron chi connectivity index (χ0n) is 10.5. The van der Waals surface area contributed by atoms with Gasteiger partial charge < -0.3 is 10.4 Å². The highest BCUT2D eigenvalue weighted by Crippen LogP contribution is 2.16. The molecule has 0 saturated heterocycles. The number of anilines is 1. The van der Waals surface area contributed by atoms with Crippen molar-refractivity contribution in [3.8, 4) is 0 Å². The van der Waals surface area contributed by atoms with Gasteiger partial charge in [0.2, 0.25) is 0 Å². The van der Waals surface area contributed by atoms with Gasteiger partial charge in [0.15, 0.2) is 0 Å². The molecule has 3 nitrogen and oxygen atoms in total. The lowest BCUT2D eigenvalue weighted by Gasteiger charge is -2.07. The van der Waals surface area contributed by atoms with Crippen LogP contribution >= 0.6 is 0 Å². The highest BCUT2D eigenvalue weighted by atomic mass is 16.4. The Labute approximate surface area is 102 Å². The lowest BCUT2D eigenvalue weighted by atomic mass is 10.0. The van der Waals surface area contributed by atoms with E-state index >= 15 is 0 Å². The molecule has 2 N–H and O–H groups in total. The summed E-state index contributed by atoms with van der Waals surface area (Å²) in [5, 5.41) is 11.8. The summed E-state index contributed by atoms with van der Waals surface area (Å²) in [4.78, 5) is 10.6. The van der Waals surface area contributed by atoms with E-state index in [2.05, 4.69) is 31.3 Å². The number of hydrogen-bond acceptors (Lipinski definition) is 2. The van der Waals surface area contributed by atoms with Gasteiger partial charge in [-0.25, -0.2) is 4.79 Å². The summed E-state index contributed by atoms with van der Waals surface area (Å²) in [7, 11) is 0. The summed E-state index contributed by atoms with van der Waals surface area (Å²) in [6.07, 6.45) is 1.67.